The fraction of sp³-hybridized carbons (Fsp3) is 0.200. The van der Waals surface area contributed by atoms with Crippen LogP contribution in [0.4, 0.5) is 0 Å². The summed E-state index contributed by atoms with van der Waals surface area (Å²) in [5, 5.41) is 0.482. The topological polar surface area (TPSA) is 38.1 Å². The van der Waals surface area contributed by atoms with E-state index in [1.807, 2.05) is 40.9 Å². The van der Waals surface area contributed by atoms with Gasteiger partial charge < -0.3 is 9.47 Å². The molecule has 1 saturated carbocycles. The molecule has 2 aliphatic rings. The van der Waals surface area contributed by atoms with Crippen LogP contribution in [0.3, 0.4) is 0 Å². The number of amides is 1. The standard InChI is InChI=1S/C20H16ClN3O/c1-23-19(25)16-3-2-10-24(16)17-11-13(14-5-7-18(21)22-12-14)4-6-15(17)20(23)8-9-20/h2-7,10-12H,8-9H2,1H3. The summed E-state index contributed by atoms with van der Waals surface area (Å²) in [5.41, 5.74) is 4.90. The second kappa shape index (κ2) is 4.96. The molecule has 3 heterocycles. The highest BCUT2D eigenvalue weighted by Gasteiger charge is 2.53. The summed E-state index contributed by atoms with van der Waals surface area (Å²) in [6.07, 6.45) is 5.76. The van der Waals surface area contributed by atoms with Gasteiger partial charge in [0, 0.05) is 30.6 Å². The summed E-state index contributed by atoms with van der Waals surface area (Å²) in [6.45, 7) is 0. The van der Waals surface area contributed by atoms with Crippen LogP contribution in [0.25, 0.3) is 16.8 Å². The minimum absolute atomic E-state index is 0.0772. The van der Waals surface area contributed by atoms with Crippen molar-refractivity contribution in [2.75, 3.05) is 7.05 Å². The van der Waals surface area contributed by atoms with Crippen molar-refractivity contribution in [1.82, 2.24) is 14.5 Å². The quantitative estimate of drug-likeness (QED) is 0.615. The first kappa shape index (κ1) is 14.7. The number of carbonyl (C=O) groups excluding carboxylic acids is 1. The fourth-order valence-corrected chi connectivity index (χ4v) is 4.00. The van der Waals surface area contributed by atoms with Crippen LogP contribution in [0.5, 0.6) is 0 Å². The molecule has 0 unspecified atom stereocenters. The van der Waals surface area contributed by atoms with Crippen molar-refractivity contribution in [2.45, 2.75) is 18.4 Å². The van der Waals surface area contributed by atoms with Crippen molar-refractivity contribution >= 4 is 17.5 Å². The average molecular weight is 350 g/mol. The highest BCUT2D eigenvalue weighted by molar-refractivity contribution is 6.29. The highest BCUT2D eigenvalue weighted by Crippen LogP contribution is 2.54. The number of aromatic nitrogens is 2. The molecule has 0 N–H and O–H groups in total. The van der Waals surface area contributed by atoms with Gasteiger partial charge in [0.2, 0.25) is 0 Å². The molecule has 1 aliphatic heterocycles. The van der Waals surface area contributed by atoms with Gasteiger partial charge in [-0.15, -0.1) is 0 Å². The number of halogens is 1. The van der Waals surface area contributed by atoms with E-state index in [2.05, 4.69) is 23.2 Å². The minimum atomic E-state index is -0.164. The molecule has 1 spiro atoms. The van der Waals surface area contributed by atoms with E-state index in [0.29, 0.717) is 10.8 Å². The second-order valence-electron chi connectivity index (χ2n) is 6.76. The summed E-state index contributed by atoms with van der Waals surface area (Å²) < 4.78 is 2.01. The van der Waals surface area contributed by atoms with Crippen LogP contribution in [0, 0.1) is 0 Å². The molecule has 3 aromatic rings. The number of rotatable bonds is 1. The van der Waals surface area contributed by atoms with Gasteiger partial charge in [0.25, 0.3) is 5.91 Å². The molecular weight excluding hydrogens is 334 g/mol. The maximum Gasteiger partial charge on any atom is 0.271 e. The summed E-state index contributed by atoms with van der Waals surface area (Å²) in [6, 6.07) is 14.0. The third kappa shape index (κ3) is 2.01. The van der Waals surface area contributed by atoms with E-state index in [-0.39, 0.29) is 11.4 Å². The normalized spacial score (nSPS) is 17.2. The fourth-order valence-electron chi connectivity index (χ4n) is 3.89. The van der Waals surface area contributed by atoms with E-state index in [1.165, 1.54) is 5.56 Å². The number of hydrogen-bond donors (Lipinski definition) is 0. The van der Waals surface area contributed by atoms with E-state index in [4.69, 9.17) is 11.6 Å². The van der Waals surface area contributed by atoms with Crippen molar-refractivity contribution in [2.24, 2.45) is 0 Å². The van der Waals surface area contributed by atoms with Crippen LogP contribution in [0.2, 0.25) is 5.15 Å². The van der Waals surface area contributed by atoms with Crippen LogP contribution in [-0.2, 0) is 5.54 Å². The van der Waals surface area contributed by atoms with Gasteiger partial charge in [-0.25, -0.2) is 4.98 Å². The van der Waals surface area contributed by atoms with Gasteiger partial charge in [0.1, 0.15) is 10.8 Å². The Morgan fingerprint density at radius 3 is 2.64 bits per heavy atom. The Morgan fingerprint density at radius 1 is 1.12 bits per heavy atom. The first-order chi connectivity index (χ1) is 12.1. The lowest BCUT2D eigenvalue weighted by atomic mass is 9.97. The first-order valence-electron chi connectivity index (χ1n) is 8.32. The third-order valence-corrected chi connectivity index (χ3v) is 5.68. The number of pyridine rings is 1. The average Bonchev–Trinajstić information content (AvgIpc) is 3.30. The Kier molecular flexibility index (Phi) is 2.92. The summed E-state index contributed by atoms with van der Waals surface area (Å²) >= 11 is 5.91. The highest BCUT2D eigenvalue weighted by atomic mass is 35.5. The molecule has 1 amide bonds. The molecule has 1 aliphatic carbocycles. The number of carbonyl (C=O) groups is 1. The van der Waals surface area contributed by atoms with Gasteiger partial charge in [0.15, 0.2) is 0 Å². The number of hydrogen-bond acceptors (Lipinski definition) is 2. The third-order valence-electron chi connectivity index (χ3n) is 5.46. The van der Waals surface area contributed by atoms with E-state index in [0.717, 1.165) is 29.7 Å². The smallest absolute Gasteiger partial charge is 0.271 e. The van der Waals surface area contributed by atoms with Gasteiger partial charge in [-0.1, -0.05) is 23.7 Å². The zero-order valence-corrected chi connectivity index (χ0v) is 14.5. The minimum Gasteiger partial charge on any atom is -0.331 e. The Bertz CT molecular complexity index is 1000. The lowest BCUT2D eigenvalue weighted by Gasteiger charge is -2.27. The van der Waals surface area contributed by atoms with Crippen molar-refractivity contribution in [3.63, 3.8) is 0 Å². The predicted octanol–water partition coefficient (Wildman–Crippen LogP) is 4.27. The van der Waals surface area contributed by atoms with Crippen LogP contribution < -0.4 is 0 Å². The molecule has 0 saturated heterocycles. The maximum atomic E-state index is 12.9. The Hall–Kier alpha value is -2.59. The van der Waals surface area contributed by atoms with Gasteiger partial charge in [-0.3, -0.25) is 4.79 Å². The van der Waals surface area contributed by atoms with Crippen molar-refractivity contribution in [3.8, 4) is 16.8 Å². The predicted molar refractivity (Wildman–Crippen MR) is 97.0 cm³/mol. The number of benzene rings is 1. The molecule has 0 atom stereocenters. The molecule has 25 heavy (non-hydrogen) atoms. The van der Waals surface area contributed by atoms with Gasteiger partial charge in [0.05, 0.1) is 11.2 Å². The summed E-state index contributed by atoms with van der Waals surface area (Å²) in [5.74, 6) is 0.0772. The Balaban J connectivity index is 1.75. The lowest BCUT2D eigenvalue weighted by molar-refractivity contribution is 0.0705. The first-order valence-corrected chi connectivity index (χ1v) is 8.70. The molecule has 1 fully saturated rings. The Morgan fingerprint density at radius 2 is 1.92 bits per heavy atom. The molecule has 1 aromatic carbocycles. The number of nitrogens with zero attached hydrogens (tertiary/aromatic N) is 3. The van der Waals surface area contributed by atoms with Crippen molar-refractivity contribution in [3.05, 3.63) is 71.3 Å². The van der Waals surface area contributed by atoms with E-state index in [9.17, 15) is 4.79 Å². The van der Waals surface area contributed by atoms with E-state index >= 15 is 0 Å². The van der Waals surface area contributed by atoms with Crippen molar-refractivity contribution < 1.29 is 4.79 Å². The lowest BCUT2D eigenvalue weighted by Crippen LogP contribution is -2.36. The Labute approximate surface area is 150 Å². The molecule has 4 nitrogen and oxygen atoms in total. The van der Waals surface area contributed by atoms with Crippen LogP contribution >= 0.6 is 11.6 Å². The van der Waals surface area contributed by atoms with E-state index < -0.39 is 0 Å². The molecule has 124 valence electrons. The van der Waals surface area contributed by atoms with Crippen LogP contribution in [-0.4, -0.2) is 27.4 Å². The maximum absolute atomic E-state index is 12.9. The number of fused-ring (bicyclic) bond motifs is 4. The molecule has 0 radical (unpaired) electrons. The van der Waals surface area contributed by atoms with Gasteiger partial charge >= 0.3 is 0 Å². The molecule has 2 aromatic heterocycles. The summed E-state index contributed by atoms with van der Waals surface area (Å²) in [7, 11) is 1.92. The van der Waals surface area contributed by atoms with Crippen LogP contribution in [0.15, 0.2) is 54.9 Å². The van der Waals surface area contributed by atoms with Crippen molar-refractivity contribution in [1.29, 1.82) is 0 Å². The monoisotopic (exact) mass is 349 g/mol. The largest absolute Gasteiger partial charge is 0.331 e. The summed E-state index contributed by atoms with van der Waals surface area (Å²) in [4.78, 5) is 19.0. The molecule has 5 heteroatoms. The SMILES string of the molecule is CN1C(=O)c2cccn2-c2cc(-c3ccc(Cl)nc3)ccc2C12CC2. The molecule has 0 bridgehead atoms. The zero-order chi connectivity index (χ0) is 17.2. The molecular formula is C20H16ClN3O. The second-order valence-corrected chi connectivity index (χ2v) is 7.15. The van der Waals surface area contributed by atoms with Gasteiger partial charge in [-0.05, 0) is 48.7 Å². The molecule has 5 rings (SSSR count). The van der Waals surface area contributed by atoms with E-state index in [1.54, 1.807) is 12.3 Å². The zero-order valence-electron chi connectivity index (χ0n) is 13.7. The van der Waals surface area contributed by atoms with Gasteiger partial charge in [-0.2, -0.15) is 0 Å². The van der Waals surface area contributed by atoms with Crippen LogP contribution in [0.1, 0.15) is 28.9 Å².